The Kier molecular flexibility index (Phi) is 7.30. The van der Waals surface area contributed by atoms with Gasteiger partial charge in [-0.1, -0.05) is 12.1 Å². The van der Waals surface area contributed by atoms with Gasteiger partial charge < -0.3 is 9.47 Å². The normalized spacial score (nSPS) is 9.26. The summed E-state index contributed by atoms with van der Waals surface area (Å²) >= 11 is 5.85. The van der Waals surface area contributed by atoms with Crippen molar-refractivity contribution in [2.24, 2.45) is 0 Å². The van der Waals surface area contributed by atoms with Gasteiger partial charge in [0, 0.05) is 9.79 Å². The minimum Gasteiger partial charge on any atom is -0.497 e. The lowest BCUT2D eigenvalue weighted by molar-refractivity contribution is 0.413. The summed E-state index contributed by atoms with van der Waals surface area (Å²) in [6, 6.07) is 15.6. The molecule has 0 unspecified atom stereocenters. The van der Waals surface area contributed by atoms with Crippen LogP contribution >= 0.6 is 24.4 Å². The molecule has 0 spiro atoms. The van der Waals surface area contributed by atoms with E-state index >= 15 is 0 Å². The van der Waals surface area contributed by atoms with Crippen LogP contribution in [0.1, 0.15) is 0 Å². The van der Waals surface area contributed by atoms with Crippen molar-refractivity contribution in [2.75, 3.05) is 20.5 Å². The van der Waals surface area contributed by atoms with Crippen LogP contribution < -0.4 is 9.47 Å². The lowest BCUT2D eigenvalue weighted by Gasteiger charge is -1.99. The number of hydrogen-bond acceptors (Lipinski definition) is 4. The van der Waals surface area contributed by atoms with Gasteiger partial charge in [-0.3, -0.25) is 0 Å². The molecular weight excluding hydrogens is 276 g/mol. The molecule has 0 radical (unpaired) electrons. The Bertz CT molecular complexity index is 482. The topological polar surface area (TPSA) is 18.5 Å². The molecule has 0 amide bonds. The molecule has 0 heterocycles. The third-order valence-corrected chi connectivity index (χ3v) is 3.33. The number of methoxy groups -OCH3 is 2. The minimum atomic E-state index is 0.850. The van der Waals surface area contributed by atoms with Crippen molar-refractivity contribution in [1.82, 2.24) is 0 Å². The van der Waals surface area contributed by atoms with E-state index in [4.69, 9.17) is 9.47 Å². The third-order valence-electron chi connectivity index (χ3n) is 2.33. The summed E-state index contributed by atoms with van der Waals surface area (Å²) in [5.41, 5.74) is 0. The zero-order valence-corrected chi connectivity index (χ0v) is 13.0. The van der Waals surface area contributed by atoms with Gasteiger partial charge in [-0.15, -0.1) is 24.4 Å². The molecular formula is C15H18O2S2. The molecule has 0 aliphatic rings. The summed E-state index contributed by atoms with van der Waals surface area (Å²) in [4.78, 5) is 2.16. The number of benzene rings is 2. The first-order valence-corrected chi connectivity index (χ1v) is 7.38. The predicted octanol–water partition coefficient (Wildman–Crippen LogP) is 4.40. The number of ether oxygens (including phenoxy) is 2. The van der Waals surface area contributed by atoms with Crippen molar-refractivity contribution in [1.29, 1.82) is 0 Å². The SMILES string of the molecule is COc1cccc(S)c1.COc1cccc(SC)c1. The van der Waals surface area contributed by atoms with Crippen LogP contribution in [0.3, 0.4) is 0 Å². The average molecular weight is 294 g/mol. The average Bonchev–Trinajstić information content (AvgIpc) is 2.48. The molecule has 0 saturated heterocycles. The molecule has 2 nitrogen and oxygen atoms in total. The minimum absolute atomic E-state index is 0.850. The number of hydrogen-bond donors (Lipinski definition) is 1. The highest BCUT2D eigenvalue weighted by molar-refractivity contribution is 7.98. The highest BCUT2D eigenvalue weighted by Gasteiger charge is 1.91. The van der Waals surface area contributed by atoms with Crippen LogP contribution in [-0.4, -0.2) is 20.5 Å². The monoisotopic (exact) mass is 294 g/mol. The van der Waals surface area contributed by atoms with Gasteiger partial charge in [0.1, 0.15) is 11.5 Å². The Morgan fingerprint density at radius 3 is 1.95 bits per heavy atom. The molecule has 0 bridgehead atoms. The zero-order chi connectivity index (χ0) is 14.1. The smallest absolute Gasteiger partial charge is 0.119 e. The molecule has 19 heavy (non-hydrogen) atoms. The molecule has 0 aliphatic heterocycles. The Morgan fingerprint density at radius 1 is 0.895 bits per heavy atom. The maximum atomic E-state index is 5.04. The van der Waals surface area contributed by atoms with Gasteiger partial charge in [-0.05, 0) is 42.7 Å². The first-order valence-electron chi connectivity index (χ1n) is 5.70. The summed E-state index contributed by atoms with van der Waals surface area (Å²) in [6.45, 7) is 0. The largest absolute Gasteiger partial charge is 0.497 e. The van der Waals surface area contributed by atoms with E-state index in [-0.39, 0.29) is 0 Å². The summed E-state index contributed by atoms with van der Waals surface area (Å²) in [5, 5.41) is 0. The standard InChI is InChI=1S/C8H10OS.C7H8OS/c1-9-7-4-3-5-8(6-7)10-2;1-8-6-3-2-4-7(9)5-6/h3-6H,1-2H3;2-5,9H,1H3. The van der Waals surface area contributed by atoms with Crippen molar-refractivity contribution in [3.05, 3.63) is 48.5 Å². The van der Waals surface area contributed by atoms with Crippen LogP contribution in [0, 0.1) is 0 Å². The van der Waals surface area contributed by atoms with Gasteiger partial charge >= 0.3 is 0 Å². The van der Waals surface area contributed by atoms with Crippen LogP contribution in [0.2, 0.25) is 0 Å². The van der Waals surface area contributed by atoms with Gasteiger partial charge in [-0.2, -0.15) is 0 Å². The van der Waals surface area contributed by atoms with E-state index in [2.05, 4.69) is 25.0 Å². The lowest BCUT2D eigenvalue weighted by Crippen LogP contribution is -1.81. The van der Waals surface area contributed by atoms with E-state index in [1.807, 2.05) is 42.5 Å². The molecule has 2 rings (SSSR count). The van der Waals surface area contributed by atoms with E-state index in [9.17, 15) is 0 Å². The van der Waals surface area contributed by atoms with Crippen LogP contribution in [0.4, 0.5) is 0 Å². The summed E-state index contributed by atoms with van der Waals surface area (Å²) in [7, 11) is 3.32. The second-order valence-corrected chi connectivity index (χ2v) is 4.98. The van der Waals surface area contributed by atoms with Crippen molar-refractivity contribution in [3.63, 3.8) is 0 Å². The fraction of sp³-hybridized carbons (Fsp3) is 0.200. The van der Waals surface area contributed by atoms with Crippen LogP contribution in [0.15, 0.2) is 58.3 Å². The molecule has 0 aliphatic carbocycles. The highest BCUT2D eigenvalue weighted by Crippen LogP contribution is 2.19. The Hall–Kier alpha value is -1.26. The van der Waals surface area contributed by atoms with Gasteiger partial charge in [0.15, 0.2) is 0 Å². The number of thioether (sulfide) groups is 1. The fourth-order valence-corrected chi connectivity index (χ4v) is 2.00. The molecule has 0 fully saturated rings. The first kappa shape index (κ1) is 15.8. The molecule has 0 aromatic heterocycles. The second-order valence-electron chi connectivity index (χ2n) is 3.58. The van der Waals surface area contributed by atoms with Gasteiger partial charge in [0.2, 0.25) is 0 Å². The first-order chi connectivity index (χ1) is 9.19. The van der Waals surface area contributed by atoms with E-state index in [1.54, 1.807) is 26.0 Å². The van der Waals surface area contributed by atoms with E-state index in [0.29, 0.717) is 0 Å². The Morgan fingerprint density at radius 2 is 1.47 bits per heavy atom. The van der Waals surface area contributed by atoms with E-state index in [0.717, 1.165) is 16.4 Å². The Labute approximate surface area is 124 Å². The summed E-state index contributed by atoms with van der Waals surface area (Å²) in [5.74, 6) is 1.77. The third kappa shape index (κ3) is 5.94. The van der Waals surface area contributed by atoms with Crippen molar-refractivity contribution in [2.45, 2.75) is 9.79 Å². The molecule has 102 valence electrons. The van der Waals surface area contributed by atoms with Gasteiger partial charge in [0.05, 0.1) is 14.2 Å². The maximum absolute atomic E-state index is 5.04. The van der Waals surface area contributed by atoms with Crippen LogP contribution in [0.5, 0.6) is 11.5 Å². The quantitative estimate of drug-likeness (QED) is 0.668. The molecule has 0 N–H and O–H groups in total. The van der Waals surface area contributed by atoms with Crippen molar-refractivity contribution >= 4 is 24.4 Å². The molecule has 0 atom stereocenters. The molecule has 0 saturated carbocycles. The van der Waals surface area contributed by atoms with Crippen molar-refractivity contribution in [3.8, 4) is 11.5 Å². The second kappa shape index (κ2) is 8.77. The lowest BCUT2D eigenvalue weighted by atomic mass is 10.3. The van der Waals surface area contributed by atoms with E-state index in [1.165, 1.54) is 4.90 Å². The van der Waals surface area contributed by atoms with E-state index < -0.39 is 0 Å². The summed E-state index contributed by atoms with van der Waals surface area (Å²) in [6.07, 6.45) is 2.05. The highest BCUT2D eigenvalue weighted by atomic mass is 32.2. The Balaban J connectivity index is 0.000000191. The summed E-state index contributed by atoms with van der Waals surface area (Å²) < 4.78 is 9.99. The predicted molar refractivity (Wildman–Crippen MR) is 85.0 cm³/mol. The van der Waals surface area contributed by atoms with Gasteiger partial charge in [0.25, 0.3) is 0 Å². The zero-order valence-electron chi connectivity index (χ0n) is 11.3. The van der Waals surface area contributed by atoms with Gasteiger partial charge in [-0.25, -0.2) is 0 Å². The maximum Gasteiger partial charge on any atom is 0.119 e. The van der Waals surface area contributed by atoms with Crippen molar-refractivity contribution < 1.29 is 9.47 Å². The molecule has 4 heteroatoms. The molecule has 2 aromatic rings. The fourth-order valence-electron chi connectivity index (χ4n) is 1.34. The molecule has 2 aromatic carbocycles. The van der Waals surface area contributed by atoms with Crippen LogP contribution in [0.25, 0.3) is 0 Å². The number of rotatable bonds is 3. The van der Waals surface area contributed by atoms with Crippen LogP contribution in [-0.2, 0) is 0 Å². The number of thiol groups is 1.